The van der Waals surface area contributed by atoms with Crippen molar-refractivity contribution in [1.82, 2.24) is 0 Å². The third kappa shape index (κ3) is 2.28. The molecule has 3 N–H and O–H groups in total. The molecule has 0 aliphatic carbocycles. The van der Waals surface area contributed by atoms with Crippen LogP contribution in [-0.4, -0.2) is 23.2 Å². The smallest absolute Gasteiger partial charge is 0.298 e. The standard InChI is InChI=1S/C10H14O5S/c1-10(2,3)8-6(11)4-5-7(12)9(8)16(13,14)15/h4-5,11-12H,1-3H3,(H,13,14,15). The van der Waals surface area contributed by atoms with Gasteiger partial charge in [-0.15, -0.1) is 0 Å². The summed E-state index contributed by atoms with van der Waals surface area (Å²) in [6.45, 7) is 4.99. The second-order valence-electron chi connectivity index (χ2n) is 4.53. The lowest BCUT2D eigenvalue weighted by Gasteiger charge is -2.23. The molecule has 6 heteroatoms. The number of aromatic hydroxyl groups is 2. The number of benzene rings is 1. The van der Waals surface area contributed by atoms with Crippen LogP contribution in [0.15, 0.2) is 17.0 Å². The van der Waals surface area contributed by atoms with E-state index in [2.05, 4.69) is 0 Å². The van der Waals surface area contributed by atoms with Gasteiger partial charge in [0, 0.05) is 5.56 Å². The van der Waals surface area contributed by atoms with Gasteiger partial charge in [0.15, 0.2) is 0 Å². The minimum absolute atomic E-state index is 0.00463. The average molecular weight is 246 g/mol. The maximum absolute atomic E-state index is 11.2. The number of phenols is 2. The van der Waals surface area contributed by atoms with Gasteiger partial charge in [-0.1, -0.05) is 20.8 Å². The molecular weight excluding hydrogens is 232 g/mol. The minimum Gasteiger partial charge on any atom is -0.508 e. The lowest BCUT2D eigenvalue weighted by molar-refractivity contribution is 0.408. The van der Waals surface area contributed by atoms with Crippen molar-refractivity contribution in [2.45, 2.75) is 31.1 Å². The monoisotopic (exact) mass is 246 g/mol. The zero-order valence-electron chi connectivity index (χ0n) is 9.22. The number of hydrogen-bond acceptors (Lipinski definition) is 4. The molecule has 0 spiro atoms. The third-order valence-corrected chi connectivity index (χ3v) is 3.05. The first-order valence-electron chi connectivity index (χ1n) is 4.58. The van der Waals surface area contributed by atoms with E-state index in [1.54, 1.807) is 20.8 Å². The molecule has 0 bridgehead atoms. The van der Waals surface area contributed by atoms with E-state index < -0.39 is 26.2 Å². The molecule has 0 atom stereocenters. The van der Waals surface area contributed by atoms with Crippen LogP contribution in [0.3, 0.4) is 0 Å². The van der Waals surface area contributed by atoms with E-state index in [4.69, 9.17) is 4.55 Å². The lowest BCUT2D eigenvalue weighted by Crippen LogP contribution is -2.17. The molecular formula is C10H14O5S. The van der Waals surface area contributed by atoms with Crippen molar-refractivity contribution >= 4 is 10.1 Å². The topological polar surface area (TPSA) is 94.8 Å². The van der Waals surface area contributed by atoms with Crippen LogP contribution in [0.4, 0.5) is 0 Å². The highest BCUT2D eigenvalue weighted by Gasteiger charge is 2.30. The highest BCUT2D eigenvalue weighted by atomic mass is 32.2. The molecule has 0 amide bonds. The van der Waals surface area contributed by atoms with Crippen molar-refractivity contribution in [1.29, 1.82) is 0 Å². The molecule has 0 saturated carbocycles. The van der Waals surface area contributed by atoms with Gasteiger partial charge >= 0.3 is 0 Å². The minimum atomic E-state index is -4.58. The van der Waals surface area contributed by atoms with Crippen LogP contribution < -0.4 is 0 Å². The predicted molar refractivity (Wildman–Crippen MR) is 58.3 cm³/mol. The van der Waals surface area contributed by atoms with Crippen LogP contribution in [0.2, 0.25) is 0 Å². The Hall–Kier alpha value is -1.27. The SMILES string of the molecule is CC(C)(C)c1c(O)ccc(O)c1S(=O)(=O)O. The van der Waals surface area contributed by atoms with Crippen molar-refractivity contribution in [3.63, 3.8) is 0 Å². The van der Waals surface area contributed by atoms with Gasteiger partial charge in [-0.3, -0.25) is 4.55 Å². The molecule has 0 aliphatic heterocycles. The largest absolute Gasteiger partial charge is 0.508 e. The number of phenolic OH excluding ortho intramolecular Hbond substituents is 2. The highest BCUT2D eigenvalue weighted by Crippen LogP contribution is 2.40. The fourth-order valence-electron chi connectivity index (χ4n) is 1.55. The number of rotatable bonds is 1. The number of hydrogen-bond donors (Lipinski definition) is 3. The van der Waals surface area contributed by atoms with Gasteiger partial charge in [-0.25, -0.2) is 0 Å². The molecule has 0 unspecified atom stereocenters. The molecule has 0 fully saturated rings. The predicted octanol–water partition coefficient (Wildman–Crippen LogP) is 1.64. The molecule has 5 nitrogen and oxygen atoms in total. The Bertz CT molecular complexity index is 511. The Balaban J connectivity index is 3.78. The van der Waals surface area contributed by atoms with E-state index in [-0.39, 0.29) is 11.3 Å². The quantitative estimate of drug-likeness (QED) is 0.517. The van der Waals surface area contributed by atoms with E-state index in [0.29, 0.717) is 0 Å². The van der Waals surface area contributed by atoms with Gasteiger partial charge in [0.05, 0.1) is 0 Å². The first-order chi connectivity index (χ1) is 7.05. The molecule has 90 valence electrons. The van der Waals surface area contributed by atoms with Gasteiger partial charge in [-0.2, -0.15) is 8.42 Å². The van der Waals surface area contributed by atoms with Crippen molar-refractivity contribution in [2.24, 2.45) is 0 Å². The fraction of sp³-hybridized carbons (Fsp3) is 0.400. The summed E-state index contributed by atoms with van der Waals surface area (Å²) >= 11 is 0. The van der Waals surface area contributed by atoms with Crippen LogP contribution in [-0.2, 0) is 15.5 Å². The van der Waals surface area contributed by atoms with Gasteiger partial charge in [0.2, 0.25) is 0 Å². The third-order valence-electron chi connectivity index (χ3n) is 2.12. The summed E-state index contributed by atoms with van der Waals surface area (Å²) in [4.78, 5) is -0.639. The van der Waals surface area contributed by atoms with Gasteiger partial charge in [0.25, 0.3) is 10.1 Å². The van der Waals surface area contributed by atoms with Crippen molar-refractivity contribution < 1.29 is 23.2 Å². The Morgan fingerprint density at radius 2 is 1.50 bits per heavy atom. The normalized spacial score (nSPS) is 12.8. The molecule has 0 radical (unpaired) electrons. The lowest BCUT2D eigenvalue weighted by atomic mass is 9.86. The van der Waals surface area contributed by atoms with Crippen molar-refractivity contribution in [2.75, 3.05) is 0 Å². The Labute approximate surface area is 94.1 Å². The Morgan fingerprint density at radius 3 is 1.81 bits per heavy atom. The van der Waals surface area contributed by atoms with Crippen LogP contribution in [0.25, 0.3) is 0 Å². The summed E-state index contributed by atoms with van der Waals surface area (Å²) in [5.74, 6) is -0.858. The summed E-state index contributed by atoms with van der Waals surface area (Å²) in [6.07, 6.45) is 0. The first-order valence-corrected chi connectivity index (χ1v) is 6.02. The van der Waals surface area contributed by atoms with Crippen molar-refractivity contribution in [3.8, 4) is 11.5 Å². The van der Waals surface area contributed by atoms with Gasteiger partial charge in [0.1, 0.15) is 16.4 Å². The Kier molecular flexibility index (Phi) is 2.91. The fourth-order valence-corrected chi connectivity index (χ4v) is 2.55. The van der Waals surface area contributed by atoms with E-state index in [1.807, 2.05) is 0 Å². The summed E-state index contributed by atoms with van der Waals surface area (Å²) in [6, 6.07) is 2.21. The molecule has 1 rings (SSSR count). The van der Waals surface area contributed by atoms with Gasteiger partial charge in [-0.05, 0) is 17.5 Å². The molecule has 1 aromatic rings. The van der Waals surface area contributed by atoms with E-state index in [1.165, 1.54) is 6.07 Å². The van der Waals surface area contributed by atoms with Crippen molar-refractivity contribution in [3.05, 3.63) is 17.7 Å². The second kappa shape index (κ2) is 3.64. The maximum atomic E-state index is 11.2. The molecule has 0 heterocycles. The Morgan fingerprint density at radius 1 is 1.06 bits per heavy atom. The molecule has 0 aliphatic rings. The summed E-state index contributed by atoms with van der Waals surface area (Å²) in [7, 11) is -4.58. The average Bonchev–Trinajstić information content (AvgIpc) is 2.04. The van der Waals surface area contributed by atoms with Crippen LogP contribution in [0, 0.1) is 0 Å². The molecule has 0 aromatic heterocycles. The maximum Gasteiger partial charge on any atom is 0.298 e. The van der Waals surface area contributed by atoms with Crippen LogP contribution in [0.1, 0.15) is 26.3 Å². The zero-order valence-corrected chi connectivity index (χ0v) is 10.0. The van der Waals surface area contributed by atoms with E-state index in [0.717, 1.165) is 6.07 Å². The second-order valence-corrected chi connectivity index (χ2v) is 5.89. The summed E-state index contributed by atoms with van der Waals surface area (Å²) in [5.41, 5.74) is -0.733. The highest BCUT2D eigenvalue weighted by molar-refractivity contribution is 7.86. The van der Waals surface area contributed by atoms with E-state index >= 15 is 0 Å². The first kappa shape index (κ1) is 12.8. The van der Waals surface area contributed by atoms with Gasteiger partial charge < -0.3 is 10.2 Å². The molecule has 16 heavy (non-hydrogen) atoms. The zero-order chi connectivity index (χ0) is 12.7. The summed E-state index contributed by atoms with van der Waals surface area (Å²) < 4.78 is 31.4. The van der Waals surface area contributed by atoms with Crippen LogP contribution >= 0.6 is 0 Å². The molecule has 1 aromatic carbocycles. The van der Waals surface area contributed by atoms with E-state index in [9.17, 15) is 18.6 Å². The van der Waals surface area contributed by atoms with Crippen LogP contribution in [0.5, 0.6) is 11.5 Å². The summed E-state index contributed by atoms with van der Waals surface area (Å²) in [5, 5.41) is 19.1. The molecule has 0 saturated heterocycles.